The smallest absolute Gasteiger partial charge is 0.290 e. The van der Waals surface area contributed by atoms with Crippen LogP contribution in [0.3, 0.4) is 0 Å². The summed E-state index contributed by atoms with van der Waals surface area (Å²) in [7, 11) is 1.62. The lowest BCUT2D eigenvalue weighted by molar-refractivity contribution is 0.0947. The van der Waals surface area contributed by atoms with E-state index in [1.807, 2.05) is 85.8 Å². The Hall–Kier alpha value is -4.39. The first-order valence-corrected chi connectivity index (χ1v) is 10.5. The van der Waals surface area contributed by atoms with Gasteiger partial charge in [-0.2, -0.15) is 10.2 Å². The van der Waals surface area contributed by atoms with Gasteiger partial charge >= 0.3 is 0 Å². The van der Waals surface area contributed by atoms with Gasteiger partial charge in [-0.15, -0.1) is 0 Å². The summed E-state index contributed by atoms with van der Waals surface area (Å²) in [5, 5.41) is 8.78. The quantitative estimate of drug-likeness (QED) is 0.318. The Labute approximate surface area is 192 Å². The van der Waals surface area contributed by atoms with Gasteiger partial charge in [0.25, 0.3) is 5.91 Å². The summed E-state index contributed by atoms with van der Waals surface area (Å²) in [6.07, 6.45) is 1.58. The van der Waals surface area contributed by atoms with Crippen molar-refractivity contribution in [3.8, 4) is 28.4 Å². The van der Waals surface area contributed by atoms with Crippen molar-refractivity contribution in [2.24, 2.45) is 5.10 Å². The predicted molar refractivity (Wildman–Crippen MR) is 128 cm³/mol. The minimum atomic E-state index is -0.367. The largest absolute Gasteiger partial charge is 0.497 e. The molecule has 0 unspecified atom stereocenters. The fourth-order valence-corrected chi connectivity index (χ4v) is 3.25. The Morgan fingerprint density at radius 3 is 2.36 bits per heavy atom. The minimum absolute atomic E-state index is 0.367. The van der Waals surface area contributed by atoms with Gasteiger partial charge in [0.05, 0.1) is 31.3 Å². The zero-order valence-corrected chi connectivity index (χ0v) is 18.4. The van der Waals surface area contributed by atoms with Crippen molar-refractivity contribution in [1.29, 1.82) is 0 Å². The molecule has 1 N–H and O–H groups in total. The molecule has 0 aliphatic carbocycles. The van der Waals surface area contributed by atoms with E-state index in [4.69, 9.17) is 9.47 Å². The molecular weight excluding hydrogens is 416 g/mol. The second kappa shape index (κ2) is 10.3. The number of ether oxygens (including phenoxy) is 2. The normalized spacial score (nSPS) is 10.8. The molecule has 166 valence electrons. The summed E-state index contributed by atoms with van der Waals surface area (Å²) in [5.41, 5.74) is 6.13. The van der Waals surface area contributed by atoms with Crippen molar-refractivity contribution in [3.63, 3.8) is 0 Å². The lowest BCUT2D eigenvalue weighted by atomic mass is 10.1. The number of amides is 1. The van der Waals surface area contributed by atoms with Crippen LogP contribution in [-0.4, -0.2) is 35.6 Å². The van der Waals surface area contributed by atoms with Crippen LogP contribution in [-0.2, 0) is 0 Å². The molecule has 0 aliphatic rings. The Morgan fingerprint density at radius 2 is 1.70 bits per heavy atom. The summed E-state index contributed by atoms with van der Waals surface area (Å²) >= 11 is 0. The first-order chi connectivity index (χ1) is 16.2. The highest BCUT2D eigenvalue weighted by Crippen LogP contribution is 2.24. The number of benzene rings is 3. The van der Waals surface area contributed by atoms with Crippen LogP contribution in [0.2, 0.25) is 0 Å². The van der Waals surface area contributed by atoms with Gasteiger partial charge in [-0.25, -0.2) is 10.1 Å². The molecule has 0 fully saturated rings. The molecule has 0 bridgehead atoms. The van der Waals surface area contributed by atoms with Gasteiger partial charge in [0.2, 0.25) is 0 Å². The number of para-hydroxylation sites is 1. The van der Waals surface area contributed by atoms with E-state index in [1.54, 1.807) is 24.1 Å². The average molecular weight is 441 g/mol. The van der Waals surface area contributed by atoms with E-state index in [2.05, 4.69) is 15.6 Å². The standard InChI is InChI=1S/C26H24N4O3/c1-3-33-23-13-9-19(10-14-23)18-27-28-26(31)25-17-24(20-11-15-22(32-2)16-12-20)29-30(25)21-7-5-4-6-8-21/h4-18H,3H2,1-2H3,(H,28,31)/b27-18+. The van der Waals surface area contributed by atoms with E-state index in [0.717, 1.165) is 28.3 Å². The molecule has 0 atom stereocenters. The maximum atomic E-state index is 13.0. The predicted octanol–water partition coefficient (Wildman–Crippen LogP) is 4.71. The summed E-state index contributed by atoms with van der Waals surface area (Å²) < 4.78 is 12.3. The number of rotatable bonds is 8. The third kappa shape index (κ3) is 5.27. The van der Waals surface area contributed by atoms with Gasteiger partial charge < -0.3 is 9.47 Å². The SMILES string of the molecule is CCOc1ccc(/C=N/NC(=O)c2cc(-c3ccc(OC)cc3)nn2-c2ccccc2)cc1. The van der Waals surface area contributed by atoms with Crippen LogP contribution in [0.15, 0.2) is 90.0 Å². The molecule has 1 aromatic heterocycles. The molecule has 1 heterocycles. The van der Waals surface area contributed by atoms with E-state index in [1.165, 1.54) is 0 Å². The number of carbonyl (C=O) groups excluding carboxylic acids is 1. The summed E-state index contributed by atoms with van der Waals surface area (Å²) in [4.78, 5) is 13.0. The number of methoxy groups -OCH3 is 1. The molecule has 0 saturated heterocycles. The van der Waals surface area contributed by atoms with E-state index < -0.39 is 0 Å². The van der Waals surface area contributed by atoms with Crippen LogP contribution < -0.4 is 14.9 Å². The highest BCUT2D eigenvalue weighted by Gasteiger charge is 2.17. The van der Waals surface area contributed by atoms with Gasteiger partial charge in [0.1, 0.15) is 17.2 Å². The number of nitrogens with one attached hydrogen (secondary N) is 1. The van der Waals surface area contributed by atoms with Crippen molar-refractivity contribution in [1.82, 2.24) is 15.2 Å². The van der Waals surface area contributed by atoms with Crippen molar-refractivity contribution in [2.45, 2.75) is 6.92 Å². The molecule has 0 saturated carbocycles. The number of nitrogens with zero attached hydrogens (tertiary/aromatic N) is 3. The maximum absolute atomic E-state index is 13.0. The van der Waals surface area contributed by atoms with Crippen LogP contribution in [0.1, 0.15) is 23.0 Å². The van der Waals surface area contributed by atoms with Gasteiger partial charge in [-0.1, -0.05) is 18.2 Å². The lowest BCUT2D eigenvalue weighted by Crippen LogP contribution is -2.21. The maximum Gasteiger partial charge on any atom is 0.290 e. The topological polar surface area (TPSA) is 77.7 Å². The van der Waals surface area contributed by atoms with Crippen molar-refractivity contribution in [2.75, 3.05) is 13.7 Å². The second-order valence-corrected chi connectivity index (χ2v) is 7.09. The molecule has 0 radical (unpaired) electrons. The Morgan fingerprint density at radius 1 is 1.00 bits per heavy atom. The van der Waals surface area contributed by atoms with Crippen molar-refractivity contribution in [3.05, 3.63) is 96.2 Å². The van der Waals surface area contributed by atoms with E-state index in [9.17, 15) is 4.79 Å². The molecule has 3 aromatic carbocycles. The Kier molecular flexibility index (Phi) is 6.80. The number of hydrogen-bond acceptors (Lipinski definition) is 5. The zero-order chi connectivity index (χ0) is 23.0. The molecular formula is C26H24N4O3. The highest BCUT2D eigenvalue weighted by atomic mass is 16.5. The van der Waals surface area contributed by atoms with Crippen molar-refractivity contribution < 1.29 is 14.3 Å². The zero-order valence-electron chi connectivity index (χ0n) is 18.4. The molecule has 7 heteroatoms. The van der Waals surface area contributed by atoms with Crippen molar-refractivity contribution >= 4 is 12.1 Å². The van der Waals surface area contributed by atoms with Crippen LogP contribution >= 0.6 is 0 Å². The molecule has 1 amide bonds. The van der Waals surface area contributed by atoms with Crippen LogP contribution in [0, 0.1) is 0 Å². The van der Waals surface area contributed by atoms with Crippen LogP contribution in [0.5, 0.6) is 11.5 Å². The monoisotopic (exact) mass is 440 g/mol. The van der Waals surface area contributed by atoms with Gasteiger partial charge in [-0.3, -0.25) is 4.79 Å². The highest BCUT2D eigenvalue weighted by molar-refractivity contribution is 5.95. The fourth-order valence-electron chi connectivity index (χ4n) is 3.25. The molecule has 0 aliphatic heterocycles. The number of carbonyl (C=O) groups is 1. The number of hydrogen-bond donors (Lipinski definition) is 1. The van der Waals surface area contributed by atoms with Crippen LogP contribution in [0.25, 0.3) is 16.9 Å². The minimum Gasteiger partial charge on any atom is -0.497 e. The lowest BCUT2D eigenvalue weighted by Gasteiger charge is -2.06. The average Bonchev–Trinajstić information content (AvgIpc) is 3.32. The molecule has 4 aromatic rings. The Balaban J connectivity index is 1.58. The van der Waals surface area contributed by atoms with E-state index >= 15 is 0 Å². The van der Waals surface area contributed by atoms with E-state index in [0.29, 0.717) is 18.0 Å². The summed E-state index contributed by atoms with van der Waals surface area (Å²) in [5.74, 6) is 1.17. The van der Waals surface area contributed by atoms with Crippen LogP contribution in [0.4, 0.5) is 0 Å². The molecule has 0 spiro atoms. The second-order valence-electron chi connectivity index (χ2n) is 7.09. The summed E-state index contributed by atoms with van der Waals surface area (Å²) in [6, 6.07) is 26.2. The fraction of sp³-hybridized carbons (Fsp3) is 0.115. The third-order valence-electron chi connectivity index (χ3n) is 4.90. The molecule has 7 nitrogen and oxygen atoms in total. The number of hydrazone groups is 1. The van der Waals surface area contributed by atoms with Gasteiger partial charge in [0, 0.05) is 5.56 Å². The van der Waals surface area contributed by atoms with Gasteiger partial charge in [0.15, 0.2) is 0 Å². The van der Waals surface area contributed by atoms with E-state index in [-0.39, 0.29) is 5.91 Å². The summed E-state index contributed by atoms with van der Waals surface area (Å²) in [6.45, 7) is 2.54. The first-order valence-electron chi connectivity index (χ1n) is 10.5. The van der Waals surface area contributed by atoms with Gasteiger partial charge in [-0.05, 0) is 79.2 Å². The molecule has 33 heavy (non-hydrogen) atoms. The first kappa shape index (κ1) is 21.8. The number of aromatic nitrogens is 2. The third-order valence-corrected chi connectivity index (χ3v) is 4.90. The molecule has 4 rings (SSSR count). The Bertz CT molecular complexity index is 1230.